The first-order valence-electron chi connectivity index (χ1n) is 9.15. The van der Waals surface area contributed by atoms with Gasteiger partial charge in [0.2, 0.25) is 11.8 Å². The van der Waals surface area contributed by atoms with Crippen LogP contribution >= 0.6 is 23.4 Å². The number of hydrogen-bond donors (Lipinski definition) is 2. The number of amides is 2. The lowest BCUT2D eigenvalue weighted by Gasteiger charge is -2.12. The highest BCUT2D eigenvalue weighted by molar-refractivity contribution is 8.00. The van der Waals surface area contributed by atoms with Crippen molar-refractivity contribution in [2.75, 3.05) is 11.1 Å². The molecule has 6 heteroatoms. The summed E-state index contributed by atoms with van der Waals surface area (Å²) in [7, 11) is 0. The van der Waals surface area contributed by atoms with Crippen LogP contribution in [0.15, 0.2) is 53.4 Å². The highest BCUT2D eigenvalue weighted by Gasteiger charge is 2.22. The summed E-state index contributed by atoms with van der Waals surface area (Å²) in [6, 6.07) is 15.1. The average Bonchev–Trinajstić information content (AvgIpc) is 3.21. The Balaban J connectivity index is 1.47. The van der Waals surface area contributed by atoms with E-state index in [0.717, 1.165) is 41.8 Å². The first-order valence-corrected chi connectivity index (χ1v) is 10.5. The first kappa shape index (κ1) is 19.8. The highest BCUT2D eigenvalue weighted by Crippen LogP contribution is 2.27. The molecule has 3 rings (SSSR count). The Kier molecular flexibility index (Phi) is 7.18. The summed E-state index contributed by atoms with van der Waals surface area (Å²) in [5.74, 6) is 0.488. The smallest absolute Gasteiger partial charge is 0.230 e. The molecule has 0 heterocycles. The van der Waals surface area contributed by atoms with Crippen LogP contribution in [0.1, 0.15) is 31.2 Å². The van der Waals surface area contributed by atoms with Crippen molar-refractivity contribution < 1.29 is 9.59 Å². The maximum atomic E-state index is 12.2. The third kappa shape index (κ3) is 6.01. The van der Waals surface area contributed by atoms with E-state index in [9.17, 15) is 9.59 Å². The third-order valence-electron chi connectivity index (χ3n) is 4.61. The summed E-state index contributed by atoms with van der Waals surface area (Å²) in [5, 5.41) is 6.56. The van der Waals surface area contributed by atoms with Gasteiger partial charge in [-0.2, -0.15) is 0 Å². The van der Waals surface area contributed by atoms with Crippen molar-refractivity contribution in [1.29, 1.82) is 0 Å². The number of carbonyl (C=O) groups is 2. The van der Waals surface area contributed by atoms with Gasteiger partial charge in [0.15, 0.2) is 0 Å². The van der Waals surface area contributed by atoms with Crippen molar-refractivity contribution >= 4 is 40.9 Å². The van der Waals surface area contributed by atoms with Crippen molar-refractivity contribution in [2.45, 2.75) is 37.1 Å². The number of halogens is 1. The van der Waals surface area contributed by atoms with E-state index >= 15 is 0 Å². The normalized spacial score (nSPS) is 14.1. The molecule has 27 heavy (non-hydrogen) atoms. The largest absolute Gasteiger partial charge is 0.351 e. The molecule has 0 saturated heterocycles. The number of hydrogen-bond acceptors (Lipinski definition) is 3. The fraction of sp³-hybridized carbons (Fsp3) is 0.333. The van der Waals surface area contributed by atoms with Gasteiger partial charge in [-0.05, 0) is 42.7 Å². The predicted molar refractivity (Wildman–Crippen MR) is 111 cm³/mol. The van der Waals surface area contributed by atoms with Gasteiger partial charge in [0.25, 0.3) is 0 Å². The molecule has 142 valence electrons. The Morgan fingerprint density at radius 2 is 1.85 bits per heavy atom. The molecule has 0 spiro atoms. The van der Waals surface area contributed by atoms with E-state index in [1.165, 1.54) is 11.8 Å². The van der Waals surface area contributed by atoms with Crippen molar-refractivity contribution in [2.24, 2.45) is 5.92 Å². The molecule has 1 aliphatic rings. The maximum Gasteiger partial charge on any atom is 0.230 e. The minimum absolute atomic E-state index is 0.0553. The Bertz CT molecular complexity index is 806. The molecule has 0 aliphatic heterocycles. The van der Waals surface area contributed by atoms with Crippen LogP contribution in [0.3, 0.4) is 0 Å². The lowest BCUT2D eigenvalue weighted by atomic mass is 10.1. The van der Waals surface area contributed by atoms with Gasteiger partial charge in [0.1, 0.15) is 0 Å². The molecule has 0 bridgehead atoms. The molecule has 1 saturated carbocycles. The first-order chi connectivity index (χ1) is 13.1. The molecular formula is C21H23ClN2O2S. The van der Waals surface area contributed by atoms with Gasteiger partial charge in [-0.1, -0.05) is 48.7 Å². The molecule has 1 aliphatic carbocycles. The molecule has 0 unspecified atom stereocenters. The summed E-state index contributed by atoms with van der Waals surface area (Å²) in [6.07, 6.45) is 4.22. The quantitative estimate of drug-likeness (QED) is 0.649. The molecule has 2 N–H and O–H groups in total. The average molecular weight is 403 g/mol. The van der Waals surface area contributed by atoms with E-state index < -0.39 is 0 Å². The third-order valence-corrected chi connectivity index (χ3v) is 6.12. The molecular weight excluding hydrogens is 380 g/mol. The number of nitrogens with one attached hydrogen (secondary N) is 2. The molecule has 2 aromatic rings. The summed E-state index contributed by atoms with van der Waals surface area (Å²) in [6.45, 7) is 0.426. The van der Waals surface area contributed by atoms with E-state index in [2.05, 4.69) is 10.6 Å². The summed E-state index contributed by atoms with van der Waals surface area (Å²) >= 11 is 7.51. The molecule has 0 aromatic heterocycles. The molecule has 0 radical (unpaired) electrons. The Labute approximate surface area is 169 Å². The molecule has 4 nitrogen and oxygen atoms in total. The van der Waals surface area contributed by atoms with E-state index in [-0.39, 0.29) is 17.7 Å². The number of carbonyl (C=O) groups excluding carboxylic acids is 2. The minimum Gasteiger partial charge on any atom is -0.351 e. The van der Waals surface area contributed by atoms with Crippen LogP contribution in [0.2, 0.25) is 5.02 Å². The molecule has 0 atom stereocenters. The van der Waals surface area contributed by atoms with Crippen LogP contribution < -0.4 is 10.6 Å². The second-order valence-electron chi connectivity index (χ2n) is 6.67. The number of benzene rings is 2. The Morgan fingerprint density at radius 3 is 2.63 bits per heavy atom. The predicted octanol–water partition coefficient (Wildman–Crippen LogP) is 4.88. The van der Waals surface area contributed by atoms with Gasteiger partial charge >= 0.3 is 0 Å². The van der Waals surface area contributed by atoms with Gasteiger partial charge in [-0.15, -0.1) is 11.8 Å². The standard InChI is InChI=1S/C21H23ClN2O2S/c22-18-10-3-4-11-19(18)27-14-20(25)23-13-15-6-5-9-17(12-15)24-21(26)16-7-1-2-8-16/h3-6,9-12,16H,1-2,7-8,13-14H2,(H,23,25)(H,24,26). The van der Waals surface area contributed by atoms with Crippen molar-refractivity contribution in [3.05, 3.63) is 59.1 Å². The highest BCUT2D eigenvalue weighted by atomic mass is 35.5. The van der Waals surface area contributed by atoms with Gasteiger partial charge < -0.3 is 10.6 Å². The second-order valence-corrected chi connectivity index (χ2v) is 8.09. The monoisotopic (exact) mass is 402 g/mol. The summed E-state index contributed by atoms with van der Waals surface area (Å²) in [4.78, 5) is 25.2. The van der Waals surface area contributed by atoms with Crippen LogP contribution in [-0.4, -0.2) is 17.6 Å². The Morgan fingerprint density at radius 1 is 1.07 bits per heavy atom. The number of anilines is 1. The molecule has 2 amide bonds. The lowest BCUT2D eigenvalue weighted by Crippen LogP contribution is -2.24. The second kappa shape index (κ2) is 9.81. The van der Waals surface area contributed by atoms with Gasteiger partial charge in [0.05, 0.1) is 10.8 Å². The number of thioether (sulfide) groups is 1. The maximum absolute atomic E-state index is 12.2. The molecule has 2 aromatic carbocycles. The minimum atomic E-state index is -0.0553. The fourth-order valence-electron chi connectivity index (χ4n) is 3.15. The van der Waals surface area contributed by atoms with Gasteiger partial charge in [-0.3, -0.25) is 9.59 Å². The van der Waals surface area contributed by atoms with Crippen molar-refractivity contribution in [3.8, 4) is 0 Å². The van der Waals surface area contributed by atoms with Crippen LogP contribution in [0.5, 0.6) is 0 Å². The molecule has 1 fully saturated rings. The van der Waals surface area contributed by atoms with Crippen LogP contribution in [-0.2, 0) is 16.1 Å². The SMILES string of the molecule is O=C(CSc1ccccc1Cl)NCc1cccc(NC(=O)C2CCCC2)c1. The number of rotatable bonds is 7. The zero-order valence-electron chi connectivity index (χ0n) is 15.0. The summed E-state index contributed by atoms with van der Waals surface area (Å²) in [5.41, 5.74) is 1.74. The van der Waals surface area contributed by atoms with E-state index in [0.29, 0.717) is 17.3 Å². The Hall–Kier alpha value is -1.98. The van der Waals surface area contributed by atoms with E-state index in [1.807, 2.05) is 48.5 Å². The van der Waals surface area contributed by atoms with E-state index in [1.54, 1.807) is 0 Å². The van der Waals surface area contributed by atoms with Crippen LogP contribution in [0.4, 0.5) is 5.69 Å². The van der Waals surface area contributed by atoms with Crippen LogP contribution in [0, 0.1) is 5.92 Å². The zero-order chi connectivity index (χ0) is 19.1. The van der Waals surface area contributed by atoms with Crippen LogP contribution in [0.25, 0.3) is 0 Å². The summed E-state index contributed by atoms with van der Waals surface area (Å²) < 4.78 is 0. The van der Waals surface area contributed by atoms with Gasteiger partial charge in [0, 0.05) is 23.0 Å². The van der Waals surface area contributed by atoms with Crippen molar-refractivity contribution in [3.63, 3.8) is 0 Å². The lowest BCUT2D eigenvalue weighted by molar-refractivity contribution is -0.120. The van der Waals surface area contributed by atoms with Crippen molar-refractivity contribution in [1.82, 2.24) is 5.32 Å². The topological polar surface area (TPSA) is 58.2 Å². The fourth-order valence-corrected chi connectivity index (χ4v) is 4.22. The van der Waals surface area contributed by atoms with E-state index in [4.69, 9.17) is 11.6 Å². The van der Waals surface area contributed by atoms with Gasteiger partial charge in [-0.25, -0.2) is 0 Å². The zero-order valence-corrected chi connectivity index (χ0v) is 16.6.